The molecule has 2 unspecified atom stereocenters. The summed E-state index contributed by atoms with van der Waals surface area (Å²) in [6, 6.07) is -1.11. The molecular weight excluding hydrogens is 254 g/mol. The monoisotopic (exact) mass is 275 g/mol. The van der Waals surface area contributed by atoms with Crippen LogP contribution in [0.15, 0.2) is 0 Å². The van der Waals surface area contributed by atoms with E-state index in [0.29, 0.717) is 12.8 Å². The molecule has 1 amide bonds. The molecule has 0 fully saturated rings. The summed E-state index contributed by atoms with van der Waals surface area (Å²) in [7, 11) is 0. The number of esters is 1. The van der Waals surface area contributed by atoms with Crippen LogP contribution in [0.1, 0.15) is 27.2 Å². The fraction of sp³-hybridized carbons (Fsp3) is 0.750. The minimum absolute atomic E-state index is 0.0637. The van der Waals surface area contributed by atoms with Gasteiger partial charge in [0.15, 0.2) is 0 Å². The number of aliphatic hydroxyl groups excluding tert-OH is 1. The lowest BCUT2D eigenvalue weighted by atomic mass is 9.89. The highest BCUT2D eigenvalue weighted by molar-refractivity contribution is 5.78. The first-order valence-corrected chi connectivity index (χ1v) is 5.90. The lowest BCUT2D eigenvalue weighted by Crippen LogP contribution is -2.43. The minimum atomic E-state index is -1.11. The van der Waals surface area contributed by atoms with Gasteiger partial charge in [-0.2, -0.15) is 0 Å². The summed E-state index contributed by atoms with van der Waals surface area (Å²) in [6.45, 7) is 5.49. The van der Waals surface area contributed by atoms with Crippen molar-refractivity contribution in [2.45, 2.75) is 39.3 Å². The molecule has 0 radical (unpaired) electrons. The van der Waals surface area contributed by atoms with E-state index in [9.17, 15) is 14.4 Å². The highest BCUT2D eigenvalue weighted by atomic mass is 16.6. The van der Waals surface area contributed by atoms with Crippen molar-refractivity contribution in [3.05, 3.63) is 0 Å². The van der Waals surface area contributed by atoms with Crippen LogP contribution in [0, 0.1) is 5.41 Å². The van der Waals surface area contributed by atoms with Crippen molar-refractivity contribution in [3.8, 4) is 0 Å². The summed E-state index contributed by atoms with van der Waals surface area (Å²) in [5.74, 6) is -0.765. The van der Waals surface area contributed by atoms with E-state index in [2.05, 4.69) is 10.1 Å². The van der Waals surface area contributed by atoms with Crippen LogP contribution >= 0.6 is 0 Å². The first-order valence-electron chi connectivity index (χ1n) is 5.90. The predicted octanol–water partition coefficient (Wildman–Crippen LogP) is -0.386. The largest absolute Gasteiger partial charge is 0.464 e. The van der Waals surface area contributed by atoms with E-state index in [1.54, 1.807) is 0 Å². The average Bonchev–Trinajstić information content (AvgIpc) is 2.30. The molecule has 7 heteroatoms. The Kier molecular flexibility index (Phi) is 7.74. The van der Waals surface area contributed by atoms with Gasteiger partial charge in [-0.15, -0.1) is 0 Å². The molecule has 0 saturated heterocycles. The molecular formula is C12H21NO6. The molecule has 0 rings (SSSR count). The molecule has 0 aliphatic rings. The van der Waals surface area contributed by atoms with Crippen molar-refractivity contribution < 1.29 is 29.0 Å². The minimum Gasteiger partial charge on any atom is -0.464 e. The topological polar surface area (TPSA) is 102 Å². The number of carbonyl (C=O) groups excluding carboxylic acids is 3. The number of ether oxygens (including phenoxy) is 2. The molecule has 0 aromatic carbocycles. The Morgan fingerprint density at radius 2 is 2.00 bits per heavy atom. The molecule has 0 aromatic rings. The number of amides is 1. The van der Waals surface area contributed by atoms with E-state index < -0.39 is 24.7 Å². The van der Waals surface area contributed by atoms with Gasteiger partial charge in [0.1, 0.15) is 18.8 Å². The third-order valence-corrected chi connectivity index (χ3v) is 2.21. The summed E-state index contributed by atoms with van der Waals surface area (Å²) in [5, 5.41) is 11.1. The lowest BCUT2D eigenvalue weighted by Gasteiger charge is -2.26. The summed E-state index contributed by atoms with van der Waals surface area (Å²) in [6.07, 6.45) is 0.162. The lowest BCUT2D eigenvalue weighted by molar-refractivity contribution is -0.160. The first kappa shape index (κ1) is 17.4. The number of hydrogen-bond acceptors (Lipinski definition) is 6. The Hall–Kier alpha value is -1.63. The van der Waals surface area contributed by atoms with Gasteiger partial charge in [-0.3, -0.25) is 9.59 Å². The molecule has 0 aliphatic heterocycles. The molecule has 0 saturated carbocycles. The Morgan fingerprint density at radius 1 is 1.37 bits per heavy atom. The van der Waals surface area contributed by atoms with Gasteiger partial charge in [0.2, 0.25) is 6.41 Å². The standard InChI is InChI=1S/C12H21NO6/c1-12(2,3)4-9(6-18-8-16)19-11(17)10(5-14)13-7-15/h7-10,14H,4-6H2,1-3H3,(H,13,15). The molecule has 2 N–H and O–H groups in total. The van der Waals surface area contributed by atoms with Crippen LogP contribution in [0.25, 0.3) is 0 Å². The number of aliphatic hydroxyl groups is 1. The Bertz CT molecular complexity index is 299. The fourth-order valence-electron chi connectivity index (χ4n) is 1.49. The molecule has 0 aromatic heterocycles. The second-order valence-corrected chi connectivity index (χ2v) is 5.27. The molecule has 0 heterocycles. The van der Waals surface area contributed by atoms with Gasteiger partial charge >= 0.3 is 5.97 Å². The zero-order valence-corrected chi connectivity index (χ0v) is 11.4. The summed E-state index contributed by atoms with van der Waals surface area (Å²) < 4.78 is 9.74. The van der Waals surface area contributed by atoms with Crippen molar-refractivity contribution in [1.29, 1.82) is 0 Å². The molecule has 0 spiro atoms. The number of carbonyl (C=O) groups is 3. The molecule has 7 nitrogen and oxygen atoms in total. The second kappa shape index (κ2) is 8.47. The fourth-order valence-corrected chi connectivity index (χ4v) is 1.49. The third-order valence-electron chi connectivity index (χ3n) is 2.21. The molecule has 0 bridgehead atoms. The van der Waals surface area contributed by atoms with Crippen LogP contribution in [0.2, 0.25) is 0 Å². The van der Waals surface area contributed by atoms with Crippen molar-refractivity contribution in [2.24, 2.45) is 5.41 Å². The van der Waals surface area contributed by atoms with E-state index in [1.165, 1.54) is 0 Å². The van der Waals surface area contributed by atoms with E-state index in [4.69, 9.17) is 9.84 Å². The summed E-state index contributed by atoms with van der Waals surface area (Å²) >= 11 is 0. The highest BCUT2D eigenvalue weighted by Crippen LogP contribution is 2.22. The van der Waals surface area contributed by atoms with Gasteiger partial charge < -0.3 is 19.9 Å². The molecule has 2 atom stereocenters. The van der Waals surface area contributed by atoms with Gasteiger partial charge in [-0.25, -0.2) is 4.79 Å². The van der Waals surface area contributed by atoms with Crippen LogP contribution in [0.4, 0.5) is 0 Å². The second-order valence-electron chi connectivity index (χ2n) is 5.27. The molecule has 0 aliphatic carbocycles. The molecule has 110 valence electrons. The van der Waals surface area contributed by atoms with E-state index in [-0.39, 0.29) is 18.5 Å². The van der Waals surface area contributed by atoms with Crippen molar-refractivity contribution >= 4 is 18.9 Å². The van der Waals surface area contributed by atoms with Gasteiger partial charge in [0.25, 0.3) is 6.47 Å². The van der Waals surface area contributed by atoms with Crippen LogP contribution in [-0.2, 0) is 23.9 Å². The normalized spacial score (nSPS) is 14.1. The maximum Gasteiger partial charge on any atom is 0.331 e. The highest BCUT2D eigenvalue weighted by Gasteiger charge is 2.26. The van der Waals surface area contributed by atoms with Crippen molar-refractivity contribution in [3.63, 3.8) is 0 Å². The van der Waals surface area contributed by atoms with Crippen LogP contribution in [0.5, 0.6) is 0 Å². The number of nitrogens with one attached hydrogen (secondary N) is 1. The zero-order chi connectivity index (χ0) is 14.9. The maximum absolute atomic E-state index is 11.7. The number of rotatable bonds is 9. The van der Waals surface area contributed by atoms with Gasteiger partial charge in [-0.05, 0) is 11.8 Å². The van der Waals surface area contributed by atoms with Crippen molar-refractivity contribution in [1.82, 2.24) is 5.32 Å². The van der Waals surface area contributed by atoms with Gasteiger partial charge in [0, 0.05) is 0 Å². The third kappa shape index (κ3) is 8.15. The summed E-state index contributed by atoms with van der Waals surface area (Å²) in [5.41, 5.74) is -0.135. The quantitative estimate of drug-likeness (QED) is 0.439. The van der Waals surface area contributed by atoms with E-state index in [1.807, 2.05) is 20.8 Å². The predicted molar refractivity (Wildman–Crippen MR) is 66.0 cm³/mol. The van der Waals surface area contributed by atoms with Gasteiger partial charge in [-0.1, -0.05) is 20.8 Å². The van der Waals surface area contributed by atoms with Crippen LogP contribution < -0.4 is 5.32 Å². The van der Waals surface area contributed by atoms with Crippen molar-refractivity contribution in [2.75, 3.05) is 13.2 Å². The van der Waals surface area contributed by atoms with E-state index >= 15 is 0 Å². The Morgan fingerprint density at radius 3 is 2.42 bits per heavy atom. The Balaban J connectivity index is 4.55. The SMILES string of the molecule is CC(C)(C)CC(COC=O)OC(=O)C(CO)NC=O. The first-order chi connectivity index (χ1) is 8.84. The summed E-state index contributed by atoms with van der Waals surface area (Å²) in [4.78, 5) is 32.1. The molecule has 19 heavy (non-hydrogen) atoms. The maximum atomic E-state index is 11.7. The smallest absolute Gasteiger partial charge is 0.331 e. The Labute approximate surface area is 112 Å². The van der Waals surface area contributed by atoms with Gasteiger partial charge in [0.05, 0.1) is 6.61 Å². The van der Waals surface area contributed by atoms with Crippen LogP contribution in [0.3, 0.4) is 0 Å². The zero-order valence-electron chi connectivity index (χ0n) is 11.4. The average molecular weight is 275 g/mol. The van der Waals surface area contributed by atoms with E-state index in [0.717, 1.165) is 0 Å². The van der Waals surface area contributed by atoms with Crippen LogP contribution in [-0.4, -0.2) is 49.3 Å². The number of hydrogen-bond donors (Lipinski definition) is 2.